The molecule has 120 valence electrons. The zero-order valence-electron chi connectivity index (χ0n) is 13.1. The third-order valence-corrected chi connectivity index (χ3v) is 4.04. The number of carbonyl (C=O) groups is 1. The van der Waals surface area contributed by atoms with Gasteiger partial charge in [0.2, 0.25) is 0 Å². The quantitative estimate of drug-likeness (QED) is 0.777. The van der Waals surface area contributed by atoms with Crippen molar-refractivity contribution in [3.8, 4) is 5.75 Å². The van der Waals surface area contributed by atoms with Crippen LogP contribution in [0.1, 0.15) is 22.3 Å². The van der Waals surface area contributed by atoms with Crippen molar-refractivity contribution in [2.24, 2.45) is 0 Å². The number of fused-ring (bicyclic) bond motifs is 1. The number of aromatic amines is 1. The first-order valence-electron chi connectivity index (χ1n) is 7.60. The molecule has 2 N–H and O–H groups in total. The molecule has 1 aliphatic heterocycles. The highest BCUT2D eigenvalue weighted by atomic mass is 16.5. The molecule has 2 heterocycles. The van der Waals surface area contributed by atoms with Gasteiger partial charge in [-0.05, 0) is 24.3 Å². The van der Waals surface area contributed by atoms with Crippen LogP contribution in [0.5, 0.6) is 5.75 Å². The number of hydrogen-bond acceptors (Lipinski definition) is 4. The number of ether oxygens (including phenoxy) is 1. The molecule has 0 saturated heterocycles. The molecule has 1 amide bonds. The van der Waals surface area contributed by atoms with Gasteiger partial charge in [0, 0.05) is 24.1 Å². The Bertz CT molecular complexity index is 876. The molecule has 0 aliphatic carbocycles. The van der Waals surface area contributed by atoms with Gasteiger partial charge in [-0.1, -0.05) is 18.2 Å². The fourth-order valence-corrected chi connectivity index (χ4v) is 2.90. The number of rotatable bonds is 3. The number of nitrogens with zero attached hydrogens (tertiary/aromatic N) is 2. The number of carbonyl (C=O) groups excluding carboxylic acids is 1. The van der Waals surface area contributed by atoms with E-state index in [0.29, 0.717) is 17.1 Å². The first-order valence-corrected chi connectivity index (χ1v) is 7.60. The Hall–Kier alpha value is -3.28. The molecule has 0 radical (unpaired) electrons. The predicted octanol–water partition coefficient (Wildman–Crippen LogP) is 3.19. The van der Waals surface area contributed by atoms with E-state index in [1.807, 2.05) is 48.5 Å². The number of benzene rings is 2. The summed E-state index contributed by atoms with van der Waals surface area (Å²) in [7, 11) is 1.61. The molecule has 1 aliphatic rings. The zero-order valence-corrected chi connectivity index (χ0v) is 13.1. The Kier molecular flexibility index (Phi) is 3.42. The Morgan fingerprint density at radius 2 is 2.04 bits per heavy atom. The van der Waals surface area contributed by atoms with Crippen LogP contribution in [0.3, 0.4) is 0 Å². The molecular weight excluding hydrogens is 304 g/mol. The molecule has 24 heavy (non-hydrogen) atoms. The van der Waals surface area contributed by atoms with E-state index in [4.69, 9.17) is 4.74 Å². The zero-order chi connectivity index (χ0) is 16.5. The highest BCUT2D eigenvalue weighted by Gasteiger charge is 2.35. The minimum Gasteiger partial charge on any atom is -0.497 e. The van der Waals surface area contributed by atoms with Crippen LogP contribution >= 0.6 is 0 Å². The van der Waals surface area contributed by atoms with Crippen molar-refractivity contribution >= 4 is 17.3 Å². The van der Waals surface area contributed by atoms with Crippen LogP contribution < -0.4 is 15.0 Å². The Balaban J connectivity index is 1.85. The lowest BCUT2D eigenvalue weighted by Gasteiger charge is -2.36. The molecule has 6 heteroatoms. The van der Waals surface area contributed by atoms with Crippen molar-refractivity contribution in [2.45, 2.75) is 6.17 Å². The van der Waals surface area contributed by atoms with Crippen LogP contribution in [-0.4, -0.2) is 23.0 Å². The summed E-state index contributed by atoms with van der Waals surface area (Å²) in [4.78, 5) is 22.2. The van der Waals surface area contributed by atoms with Crippen LogP contribution in [0.25, 0.3) is 0 Å². The molecule has 1 atom stereocenters. The number of H-pyrrole nitrogens is 1. The van der Waals surface area contributed by atoms with Gasteiger partial charge in [-0.2, -0.15) is 0 Å². The van der Waals surface area contributed by atoms with E-state index < -0.39 is 6.17 Å². The van der Waals surface area contributed by atoms with Crippen LogP contribution in [0.4, 0.5) is 11.4 Å². The van der Waals surface area contributed by atoms with Crippen molar-refractivity contribution in [3.05, 3.63) is 72.3 Å². The Labute approximate surface area is 139 Å². The standard InChI is InChI=1S/C18H16N4O2/c1-24-13-6-4-5-12(11-13)22-17(16-19-9-10-20-16)21-15-8-3-2-7-14(15)18(22)23/h2-11,17,21H,1H3,(H,19,20). The van der Waals surface area contributed by atoms with Gasteiger partial charge in [0.1, 0.15) is 11.6 Å². The number of anilines is 2. The van der Waals surface area contributed by atoms with E-state index in [2.05, 4.69) is 15.3 Å². The maximum Gasteiger partial charge on any atom is 0.262 e. The number of amides is 1. The van der Waals surface area contributed by atoms with Crippen molar-refractivity contribution in [2.75, 3.05) is 17.3 Å². The average Bonchev–Trinajstić information content (AvgIpc) is 3.16. The minimum absolute atomic E-state index is 0.0843. The number of nitrogens with one attached hydrogen (secondary N) is 2. The normalized spacial score (nSPS) is 16.5. The highest BCUT2D eigenvalue weighted by Crippen LogP contribution is 2.36. The summed E-state index contributed by atoms with van der Waals surface area (Å²) in [5.74, 6) is 1.28. The van der Waals surface area contributed by atoms with Gasteiger partial charge in [0.15, 0.2) is 6.17 Å². The summed E-state index contributed by atoms with van der Waals surface area (Å²) in [5.41, 5.74) is 2.16. The number of para-hydroxylation sites is 1. The maximum atomic E-state index is 13.1. The minimum atomic E-state index is -0.422. The first-order chi connectivity index (χ1) is 11.8. The molecule has 3 aromatic rings. The van der Waals surface area contributed by atoms with Gasteiger partial charge in [0.25, 0.3) is 5.91 Å². The van der Waals surface area contributed by atoms with E-state index >= 15 is 0 Å². The fraction of sp³-hybridized carbons (Fsp3) is 0.111. The molecule has 1 unspecified atom stereocenters. The summed E-state index contributed by atoms with van der Waals surface area (Å²) < 4.78 is 5.29. The second kappa shape index (κ2) is 5.73. The third kappa shape index (κ3) is 2.28. The SMILES string of the molecule is COc1cccc(N2C(=O)c3ccccc3NC2c2ncc[nH]2)c1. The summed E-state index contributed by atoms with van der Waals surface area (Å²) in [6.45, 7) is 0. The lowest BCUT2D eigenvalue weighted by atomic mass is 10.1. The fourth-order valence-electron chi connectivity index (χ4n) is 2.90. The number of methoxy groups -OCH3 is 1. The molecule has 0 saturated carbocycles. The van der Waals surface area contributed by atoms with Crippen molar-refractivity contribution in [3.63, 3.8) is 0 Å². The van der Waals surface area contributed by atoms with Crippen LogP contribution in [0.15, 0.2) is 60.9 Å². The summed E-state index contributed by atoms with van der Waals surface area (Å²) >= 11 is 0. The largest absolute Gasteiger partial charge is 0.497 e. The van der Waals surface area contributed by atoms with Crippen molar-refractivity contribution in [1.29, 1.82) is 0 Å². The lowest BCUT2D eigenvalue weighted by Crippen LogP contribution is -2.43. The van der Waals surface area contributed by atoms with Crippen molar-refractivity contribution < 1.29 is 9.53 Å². The number of hydrogen-bond donors (Lipinski definition) is 2. The Morgan fingerprint density at radius 3 is 2.83 bits per heavy atom. The van der Waals surface area contributed by atoms with E-state index in [9.17, 15) is 4.79 Å². The van der Waals surface area contributed by atoms with Crippen molar-refractivity contribution in [1.82, 2.24) is 9.97 Å². The first kappa shape index (κ1) is 14.3. The molecule has 4 rings (SSSR count). The van der Waals surface area contributed by atoms with E-state index in [1.165, 1.54) is 0 Å². The van der Waals surface area contributed by atoms with E-state index in [-0.39, 0.29) is 5.91 Å². The maximum absolute atomic E-state index is 13.1. The second-order valence-electron chi connectivity index (χ2n) is 5.44. The van der Waals surface area contributed by atoms with Gasteiger partial charge in [-0.25, -0.2) is 4.98 Å². The number of aromatic nitrogens is 2. The number of imidazole rings is 1. The average molecular weight is 320 g/mol. The van der Waals surface area contributed by atoms with Gasteiger partial charge in [-0.3, -0.25) is 9.69 Å². The molecule has 0 bridgehead atoms. The predicted molar refractivity (Wildman–Crippen MR) is 91.2 cm³/mol. The topological polar surface area (TPSA) is 70.2 Å². The third-order valence-electron chi connectivity index (χ3n) is 4.04. The smallest absolute Gasteiger partial charge is 0.262 e. The monoisotopic (exact) mass is 320 g/mol. The van der Waals surface area contributed by atoms with Gasteiger partial charge in [0.05, 0.1) is 18.4 Å². The highest BCUT2D eigenvalue weighted by molar-refractivity contribution is 6.12. The second-order valence-corrected chi connectivity index (χ2v) is 5.44. The lowest BCUT2D eigenvalue weighted by molar-refractivity contribution is 0.0974. The molecule has 0 spiro atoms. The summed E-state index contributed by atoms with van der Waals surface area (Å²) in [6, 6.07) is 14.9. The van der Waals surface area contributed by atoms with Crippen LogP contribution in [0.2, 0.25) is 0 Å². The molecule has 1 aromatic heterocycles. The summed E-state index contributed by atoms with van der Waals surface area (Å²) in [6.07, 6.45) is 2.99. The van der Waals surface area contributed by atoms with Gasteiger partial charge in [-0.15, -0.1) is 0 Å². The molecule has 0 fully saturated rings. The molecule has 2 aromatic carbocycles. The molecule has 6 nitrogen and oxygen atoms in total. The van der Waals surface area contributed by atoms with Crippen LogP contribution in [-0.2, 0) is 0 Å². The van der Waals surface area contributed by atoms with E-state index in [0.717, 1.165) is 11.4 Å². The summed E-state index contributed by atoms with van der Waals surface area (Å²) in [5, 5.41) is 3.39. The Morgan fingerprint density at radius 1 is 1.17 bits per heavy atom. The van der Waals surface area contributed by atoms with E-state index in [1.54, 1.807) is 24.4 Å². The van der Waals surface area contributed by atoms with Gasteiger partial charge < -0.3 is 15.0 Å². The molecular formula is C18H16N4O2. The van der Waals surface area contributed by atoms with Gasteiger partial charge >= 0.3 is 0 Å². The van der Waals surface area contributed by atoms with Crippen LogP contribution in [0, 0.1) is 0 Å².